The summed E-state index contributed by atoms with van der Waals surface area (Å²) in [6.45, 7) is 10.4. The topological polar surface area (TPSA) is 63.2 Å². The Morgan fingerprint density at radius 3 is 2.08 bits per heavy atom. The predicted octanol–water partition coefficient (Wildman–Crippen LogP) is 3.67. The molecule has 1 amide bonds. The van der Waals surface area contributed by atoms with E-state index in [4.69, 9.17) is 0 Å². The molecule has 0 aliphatic heterocycles. The Hall–Kier alpha value is -1.36. The van der Waals surface area contributed by atoms with Gasteiger partial charge in [0.2, 0.25) is 5.91 Å². The van der Waals surface area contributed by atoms with E-state index in [2.05, 4.69) is 33.0 Å². The van der Waals surface area contributed by atoms with Crippen LogP contribution in [-0.2, 0) is 20.4 Å². The predicted molar refractivity (Wildman–Crippen MR) is 99.7 cm³/mol. The Bertz CT molecular complexity index is 619. The zero-order valence-corrected chi connectivity index (χ0v) is 16.3. The van der Waals surface area contributed by atoms with Gasteiger partial charge in [0.1, 0.15) is 5.75 Å². The van der Waals surface area contributed by atoms with Crippen LogP contribution in [0.25, 0.3) is 0 Å². The molecule has 0 saturated heterocycles. The van der Waals surface area contributed by atoms with Crippen LogP contribution in [-0.4, -0.2) is 26.1 Å². The van der Waals surface area contributed by atoms with Gasteiger partial charge >= 0.3 is 0 Å². The molecule has 0 aliphatic rings. The molecule has 24 heavy (non-hydrogen) atoms. The van der Waals surface area contributed by atoms with Gasteiger partial charge in [-0.15, -0.1) is 0 Å². The second-order valence-corrected chi connectivity index (χ2v) is 9.43. The standard InChI is InChI=1S/C19H31NO3S/c1-14(2)6-7-16(5)20-19(21)13-24(22,23)12-17-8-10-18(11-9-17)15(3)4/h8-11,14-16H,6-7,12-13H2,1-5H3,(H,20,21). The maximum Gasteiger partial charge on any atom is 0.235 e. The van der Waals surface area contributed by atoms with Gasteiger partial charge in [-0.2, -0.15) is 0 Å². The van der Waals surface area contributed by atoms with Crippen molar-refractivity contribution in [2.75, 3.05) is 5.75 Å². The summed E-state index contributed by atoms with van der Waals surface area (Å²) in [7, 11) is -3.46. The summed E-state index contributed by atoms with van der Waals surface area (Å²) in [6.07, 6.45) is 1.87. The normalized spacial score (nSPS) is 13.3. The second kappa shape index (κ2) is 9.21. The van der Waals surface area contributed by atoms with Gasteiger partial charge in [-0.1, -0.05) is 52.0 Å². The lowest BCUT2D eigenvalue weighted by atomic mass is 10.0. The van der Waals surface area contributed by atoms with Crippen molar-refractivity contribution in [3.8, 4) is 0 Å². The van der Waals surface area contributed by atoms with E-state index in [1.165, 1.54) is 5.56 Å². The van der Waals surface area contributed by atoms with Gasteiger partial charge in [-0.05, 0) is 42.7 Å². The number of benzene rings is 1. The fraction of sp³-hybridized carbons (Fsp3) is 0.632. The van der Waals surface area contributed by atoms with Crippen LogP contribution in [0.5, 0.6) is 0 Å². The highest BCUT2D eigenvalue weighted by molar-refractivity contribution is 7.91. The van der Waals surface area contributed by atoms with Crippen molar-refractivity contribution in [2.24, 2.45) is 5.92 Å². The molecule has 1 N–H and O–H groups in total. The average Bonchev–Trinajstić information content (AvgIpc) is 2.44. The lowest BCUT2D eigenvalue weighted by Crippen LogP contribution is -2.37. The first-order chi connectivity index (χ1) is 11.1. The number of nitrogens with one attached hydrogen (secondary N) is 1. The number of sulfone groups is 1. The van der Waals surface area contributed by atoms with E-state index in [0.29, 0.717) is 11.8 Å². The van der Waals surface area contributed by atoms with Crippen molar-refractivity contribution in [2.45, 2.75) is 65.2 Å². The summed E-state index contributed by atoms with van der Waals surface area (Å²) in [5.74, 6) is 0.0186. The Balaban J connectivity index is 2.54. The third-order valence-electron chi connectivity index (χ3n) is 3.97. The summed E-state index contributed by atoms with van der Waals surface area (Å²) in [5, 5.41) is 2.78. The largest absolute Gasteiger partial charge is 0.353 e. The molecule has 1 rings (SSSR count). The van der Waals surface area contributed by atoms with Crippen LogP contribution in [0.1, 0.15) is 64.5 Å². The van der Waals surface area contributed by atoms with Crippen molar-refractivity contribution in [3.63, 3.8) is 0 Å². The van der Waals surface area contributed by atoms with Gasteiger partial charge in [0.25, 0.3) is 0 Å². The van der Waals surface area contributed by atoms with Gasteiger partial charge in [0.15, 0.2) is 9.84 Å². The maximum atomic E-state index is 12.2. The minimum Gasteiger partial charge on any atom is -0.353 e. The van der Waals surface area contributed by atoms with Crippen LogP contribution in [0.15, 0.2) is 24.3 Å². The molecule has 1 atom stereocenters. The van der Waals surface area contributed by atoms with Gasteiger partial charge in [-0.25, -0.2) is 8.42 Å². The zero-order chi connectivity index (χ0) is 18.3. The summed E-state index contributed by atoms with van der Waals surface area (Å²) in [5.41, 5.74) is 1.90. The lowest BCUT2D eigenvalue weighted by Gasteiger charge is -2.15. The number of hydrogen-bond donors (Lipinski definition) is 1. The SMILES string of the molecule is CC(C)CCC(C)NC(=O)CS(=O)(=O)Cc1ccc(C(C)C)cc1. The third-order valence-corrected chi connectivity index (χ3v) is 5.44. The highest BCUT2D eigenvalue weighted by Crippen LogP contribution is 2.16. The molecule has 0 bridgehead atoms. The summed E-state index contributed by atoms with van der Waals surface area (Å²) >= 11 is 0. The minimum atomic E-state index is -3.46. The fourth-order valence-electron chi connectivity index (χ4n) is 2.48. The van der Waals surface area contributed by atoms with Crippen molar-refractivity contribution in [1.82, 2.24) is 5.32 Å². The molecule has 0 spiro atoms. The third kappa shape index (κ3) is 7.95. The molecule has 1 aromatic carbocycles. The molecule has 0 fully saturated rings. The van der Waals surface area contributed by atoms with Crippen molar-refractivity contribution < 1.29 is 13.2 Å². The van der Waals surface area contributed by atoms with Gasteiger partial charge in [0, 0.05) is 6.04 Å². The molecule has 0 radical (unpaired) electrons. The van der Waals surface area contributed by atoms with Crippen LogP contribution in [0.2, 0.25) is 0 Å². The van der Waals surface area contributed by atoms with Crippen LogP contribution >= 0.6 is 0 Å². The molecule has 0 aromatic heterocycles. The Kier molecular flexibility index (Phi) is 7.94. The average molecular weight is 354 g/mol. The fourth-order valence-corrected chi connectivity index (χ4v) is 3.76. The maximum absolute atomic E-state index is 12.2. The second-order valence-electron chi connectivity index (χ2n) is 7.37. The van der Waals surface area contributed by atoms with Gasteiger partial charge < -0.3 is 5.32 Å². The van der Waals surface area contributed by atoms with Crippen LogP contribution in [0.3, 0.4) is 0 Å². The monoisotopic (exact) mass is 353 g/mol. The summed E-state index contributed by atoms with van der Waals surface area (Å²) in [6, 6.07) is 7.56. The number of amides is 1. The van der Waals surface area contributed by atoms with E-state index >= 15 is 0 Å². The van der Waals surface area contributed by atoms with E-state index in [-0.39, 0.29) is 11.8 Å². The van der Waals surface area contributed by atoms with Crippen molar-refractivity contribution in [1.29, 1.82) is 0 Å². The molecule has 136 valence electrons. The van der Waals surface area contributed by atoms with E-state index in [0.717, 1.165) is 18.4 Å². The summed E-state index contributed by atoms with van der Waals surface area (Å²) < 4.78 is 24.4. The minimum absolute atomic E-state index is 0.000394. The van der Waals surface area contributed by atoms with E-state index in [9.17, 15) is 13.2 Å². The first kappa shape index (κ1) is 20.7. The van der Waals surface area contributed by atoms with Crippen LogP contribution in [0, 0.1) is 5.92 Å². The van der Waals surface area contributed by atoms with Crippen molar-refractivity contribution >= 4 is 15.7 Å². The first-order valence-corrected chi connectivity index (χ1v) is 10.5. The van der Waals surface area contributed by atoms with Crippen LogP contribution in [0.4, 0.5) is 0 Å². The number of carbonyl (C=O) groups excluding carboxylic acids is 1. The van der Waals surface area contributed by atoms with E-state index in [1.54, 1.807) is 0 Å². The van der Waals surface area contributed by atoms with E-state index < -0.39 is 21.5 Å². The summed E-state index contributed by atoms with van der Waals surface area (Å²) in [4.78, 5) is 12.0. The number of carbonyl (C=O) groups is 1. The highest BCUT2D eigenvalue weighted by atomic mass is 32.2. The first-order valence-electron chi connectivity index (χ1n) is 8.67. The molecule has 0 heterocycles. The smallest absolute Gasteiger partial charge is 0.235 e. The molecule has 1 aromatic rings. The van der Waals surface area contributed by atoms with Gasteiger partial charge in [0.05, 0.1) is 5.75 Å². The van der Waals surface area contributed by atoms with Gasteiger partial charge in [-0.3, -0.25) is 4.79 Å². The Labute approximate surface area is 147 Å². The molecule has 0 saturated carbocycles. The molecule has 4 nitrogen and oxygen atoms in total. The zero-order valence-electron chi connectivity index (χ0n) is 15.5. The highest BCUT2D eigenvalue weighted by Gasteiger charge is 2.19. The molecular formula is C19H31NO3S. The van der Waals surface area contributed by atoms with Crippen LogP contribution < -0.4 is 5.32 Å². The van der Waals surface area contributed by atoms with E-state index in [1.807, 2.05) is 31.2 Å². The Morgan fingerprint density at radius 1 is 1.00 bits per heavy atom. The molecule has 5 heteroatoms. The molecule has 0 aliphatic carbocycles. The number of rotatable bonds is 9. The number of hydrogen-bond acceptors (Lipinski definition) is 3. The Morgan fingerprint density at radius 2 is 1.58 bits per heavy atom. The quantitative estimate of drug-likeness (QED) is 0.737. The molecule has 1 unspecified atom stereocenters. The lowest BCUT2D eigenvalue weighted by molar-refractivity contribution is -0.119. The molecular weight excluding hydrogens is 322 g/mol. The van der Waals surface area contributed by atoms with Crippen molar-refractivity contribution in [3.05, 3.63) is 35.4 Å².